The van der Waals surface area contributed by atoms with Gasteiger partial charge < -0.3 is 31.5 Å². The summed E-state index contributed by atoms with van der Waals surface area (Å²) >= 11 is 0. The summed E-state index contributed by atoms with van der Waals surface area (Å²) in [5.74, 6) is -5.95. The van der Waals surface area contributed by atoms with E-state index in [1.807, 2.05) is 13.0 Å². The van der Waals surface area contributed by atoms with Crippen LogP contribution < -0.4 is 11.1 Å². The van der Waals surface area contributed by atoms with Gasteiger partial charge in [0, 0.05) is 23.6 Å². The number of Topliss-reactive ketones (excluding diaryl/α,β-unsaturated/α-hetero) is 2. The lowest BCUT2D eigenvalue weighted by Crippen LogP contribution is -2.63. The molecule has 0 saturated heterocycles. The summed E-state index contributed by atoms with van der Waals surface area (Å²) in [7, 11) is 3.22. The Hall–Kier alpha value is -3.21. The van der Waals surface area contributed by atoms with Crippen molar-refractivity contribution in [1.82, 2.24) is 10.2 Å². The van der Waals surface area contributed by atoms with Crippen LogP contribution in [0.25, 0.3) is 0 Å². The fraction of sp³-hybridized carbons (Fsp3) is 0.552. The number of likely N-dealkylation sites (N-methyl/N-ethyl adjacent to an activating group) is 1. The van der Waals surface area contributed by atoms with Crippen LogP contribution in [0.1, 0.15) is 60.7 Å². The van der Waals surface area contributed by atoms with E-state index in [0.717, 1.165) is 12.0 Å². The van der Waals surface area contributed by atoms with E-state index in [1.165, 1.54) is 0 Å². The SMILES string of the molecule is CCCc1cc(CNCC(C)C)c(O)c2c1C[C@H]1C[C@H]3[C@H](N(C)C)C(O)=C(C(N)=O)C(=O)[C@@]3(O)C(O)=C1C2=O. The second-order valence-corrected chi connectivity index (χ2v) is 11.6. The molecule has 3 aliphatic rings. The molecule has 0 heterocycles. The average Bonchev–Trinajstić information content (AvgIpc) is 2.83. The molecule has 10 heteroatoms. The Morgan fingerprint density at radius 3 is 2.44 bits per heavy atom. The lowest BCUT2D eigenvalue weighted by Gasteiger charge is -2.50. The molecule has 4 rings (SSSR count). The highest BCUT2D eigenvalue weighted by Gasteiger charge is 2.63. The minimum Gasteiger partial charge on any atom is -0.510 e. The van der Waals surface area contributed by atoms with Crippen molar-refractivity contribution in [2.45, 2.75) is 64.6 Å². The Kier molecular flexibility index (Phi) is 7.68. The van der Waals surface area contributed by atoms with Gasteiger partial charge in [0.25, 0.3) is 5.91 Å². The Bertz CT molecular complexity index is 1300. The molecule has 1 amide bonds. The van der Waals surface area contributed by atoms with E-state index in [-0.39, 0.29) is 23.3 Å². The summed E-state index contributed by atoms with van der Waals surface area (Å²) in [5, 5.41) is 48.6. The molecule has 0 unspecified atom stereocenters. The fourth-order valence-electron chi connectivity index (χ4n) is 6.58. The van der Waals surface area contributed by atoms with Gasteiger partial charge in [-0.1, -0.05) is 33.3 Å². The number of ketones is 2. The van der Waals surface area contributed by atoms with Gasteiger partial charge in [0.05, 0.1) is 11.6 Å². The number of allylic oxidation sites excluding steroid dienone is 1. The minimum absolute atomic E-state index is 0.0723. The van der Waals surface area contributed by atoms with Gasteiger partial charge in [-0.15, -0.1) is 0 Å². The van der Waals surface area contributed by atoms with Crippen molar-refractivity contribution in [1.29, 1.82) is 0 Å². The van der Waals surface area contributed by atoms with Crippen molar-refractivity contribution in [3.63, 3.8) is 0 Å². The topological polar surface area (TPSA) is 173 Å². The summed E-state index contributed by atoms with van der Waals surface area (Å²) in [5.41, 5.74) is 4.06. The first-order chi connectivity index (χ1) is 18.3. The molecular weight excluding hydrogens is 502 g/mol. The highest BCUT2D eigenvalue weighted by Crippen LogP contribution is 2.52. The largest absolute Gasteiger partial charge is 0.510 e. The number of nitrogens with zero attached hydrogens (tertiary/aromatic N) is 1. The molecule has 0 aliphatic heterocycles. The van der Waals surface area contributed by atoms with Crippen molar-refractivity contribution >= 4 is 17.5 Å². The maximum Gasteiger partial charge on any atom is 0.255 e. The van der Waals surface area contributed by atoms with Crippen LogP contribution >= 0.6 is 0 Å². The van der Waals surface area contributed by atoms with Gasteiger partial charge >= 0.3 is 0 Å². The van der Waals surface area contributed by atoms with Crippen molar-refractivity contribution < 1.29 is 34.8 Å². The molecule has 0 bridgehead atoms. The number of nitrogens with two attached hydrogens (primary N) is 1. The lowest BCUT2D eigenvalue weighted by molar-refractivity contribution is -0.148. The third kappa shape index (κ3) is 4.44. The highest BCUT2D eigenvalue weighted by atomic mass is 16.3. The maximum absolute atomic E-state index is 14.0. The number of nitrogens with one attached hydrogen (secondary N) is 1. The van der Waals surface area contributed by atoms with Crippen molar-refractivity contribution in [3.05, 3.63) is 51.0 Å². The summed E-state index contributed by atoms with van der Waals surface area (Å²) in [6.45, 7) is 7.21. The van der Waals surface area contributed by atoms with E-state index in [2.05, 4.69) is 19.2 Å². The molecule has 212 valence electrons. The van der Waals surface area contributed by atoms with Crippen LogP contribution in [0.2, 0.25) is 0 Å². The van der Waals surface area contributed by atoms with Crippen LogP contribution in [0.5, 0.6) is 5.75 Å². The second kappa shape index (κ2) is 10.4. The first kappa shape index (κ1) is 28.8. The van der Waals surface area contributed by atoms with Gasteiger partial charge in [-0.25, -0.2) is 0 Å². The lowest BCUT2D eigenvalue weighted by atomic mass is 9.58. The van der Waals surface area contributed by atoms with Crippen molar-refractivity contribution in [2.75, 3.05) is 20.6 Å². The van der Waals surface area contributed by atoms with Crippen molar-refractivity contribution in [3.8, 4) is 5.75 Å². The average molecular weight is 542 g/mol. The van der Waals surface area contributed by atoms with Gasteiger partial charge in [0.15, 0.2) is 11.4 Å². The molecule has 4 atom stereocenters. The summed E-state index contributed by atoms with van der Waals surface area (Å²) in [6, 6.07) is 0.917. The molecule has 7 N–H and O–H groups in total. The third-order valence-corrected chi connectivity index (χ3v) is 8.28. The molecule has 0 spiro atoms. The number of carbonyl (C=O) groups is 3. The molecule has 39 heavy (non-hydrogen) atoms. The van der Waals surface area contributed by atoms with E-state index in [4.69, 9.17) is 5.73 Å². The summed E-state index contributed by atoms with van der Waals surface area (Å²) < 4.78 is 0. The number of carbonyl (C=O) groups excluding carboxylic acids is 3. The Balaban J connectivity index is 1.90. The Labute approximate surface area is 228 Å². The molecule has 3 aliphatic carbocycles. The number of aliphatic hydroxyl groups is 3. The van der Waals surface area contributed by atoms with Crippen molar-refractivity contribution in [2.24, 2.45) is 23.5 Å². The fourth-order valence-corrected chi connectivity index (χ4v) is 6.58. The standard InChI is InChI=1S/C29H39N3O7/c1-6-7-14-8-16(12-31-11-13(2)3)23(33)20-17(14)9-15-10-18-22(32(4)5)25(35)21(28(30)38)27(37)29(18,39)26(36)19(15)24(20)34/h8,13,15,18,22,31,33,35-36,39H,6-7,9-12H2,1-5H3,(H2,30,38)/t15-,18-,22-,29-/m0/s1. The molecule has 0 saturated carbocycles. The van der Waals surface area contributed by atoms with E-state index in [9.17, 15) is 34.8 Å². The number of amides is 1. The zero-order valence-corrected chi connectivity index (χ0v) is 23.2. The molecular formula is C29H39N3O7. The molecule has 1 aromatic rings. The molecule has 0 radical (unpaired) electrons. The highest BCUT2D eigenvalue weighted by molar-refractivity contribution is 6.24. The summed E-state index contributed by atoms with van der Waals surface area (Å²) in [4.78, 5) is 41.1. The number of phenolic OH excluding ortho intramolecular Hbond substituents is 1. The number of hydrogen-bond donors (Lipinski definition) is 6. The van der Waals surface area contributed by atoms with Gasteiger partial charge in [-0.3, -0.25) is 19.3 Å². The van der Waals surface area contributed by atoms with Crippen LogP contribution in [-0.2, 0) is 29.0 Å². The first-order valence-corrected chi connectivity index (χ1v) is 13.5. The third-order valence-electron chi connectivity index (χ3n) is 8.28. The first-order valence-electron chi connectivity index (χ1n) is 13.5. The number of benzene rings is 1. The number of aryl methyl sites for hydroxylation is 1. The quantitative estimate of drug-likeness (QED) is 0.268. The molecule has 0 fully saturated rings. The van der Waals surface area contributed by atoms with E-state index in [0.29, 0.717) is 43.0 Å². The van der Waals surface area contributed by atoms with Crippen LogP contribution in [0.15, 0.2) is 28.7 Å². The minimum atomic E-state index is -2.64. The Morgan fingerprint density at radius 2 is 1.87 bits per heavy atom. The van der Waals surface area contributed by atoms with Crippen LogP contribution in [0.4, 0.5) is 0 Å². The number of primary amides is 1. The number of rotatable bonds is 8. The van der Waals surface area contributed by atoms with Gasteiger partial charge in [-0.05, 0) is 62.9 Å². The molecule has 0 aromatic heterocycles. The predicted molar refractivity (Wildman–Crippen MR) is 144 cm³/mol. The number of aromatic hydroxyl groups is 1. The smallest absolute Gasteiger partial charge is 0.255 e. The normalized spacial score (nSPS) is 26.7. The zero-order valence-electron chi connectivity index (χ0n) is 23.2. The second-order valence-electron chi connectivity index (χ2n) is 11.6. The zero-order chi connectivity index (χ0) is 29.0. The Morgan fingerprint density at radius 1 is 1.21 bits per heavy atom. The van der Waals surface area contributed by atoms with Gasteiger partial charge in [-0.2, -0.15) is 0 Å². The number of hydrogen-bond acceptors (Lipinski definition) is 9. The van der Waals surface area contributed by atoms with E-state index >= 15 is 0 Å². The van der Waals surface area contributed by atoms with Crippen LogP contribution in [0.3, 0.4) is 0 Å². The number of aliphatic hydroxyl groups excluding tert-OH is 2. The van der Waals surface area contributed by atoms with Crippen LogP contribution in [-0.4, -0.2) is 75.1 Å². The van der Waals surface area contributed by atoms with Crippen LogP contribution in [0, 0.1) is 17.8 Å². The number of fused-ring (bicyclic) bond motifs is 3. The van der Waals surface area contributed by atoms with Gasteiger partial charge in [0.1, 0.15) is 22.8 Å². The van der Waals surface area contributed by atoms with Gasteiger partial charge in [0.2, 0.25) is 5.78 Å². The van der Waals surface area contributed by atoms with E-state index < -0.39 is 58.0 Å². The van der Waals surface area contributed by atoms with E-state index in [1.54, 1.807) is 19.0 Å². The maximum atomic E-state index is 14.0. The molecule has 1 aromatic carbocycles. The monoisotopic (exact) mass is 541 g/mol. The summed E-state index contributed by atoms with van der Waals surface area (Å²) in [6.07, 6.45) is 1.88. The predicted octanol–water partition coefficient (Wildman–Crippen LogP) is 1.82. The number of phenols is 1. The molecule has 10 nitrogen and oxygen atoms in total.